The number of hydrogen-bond acceptors (Lipinski definition) is 3. The Kier molecular flexibility index (Phi) is 6.48. The molecule has 0 aliphatic carbocycles. The van der Waals surface area contributed by atoms with Gasteiger partial charge < -0.3 is 21.5 Å². The molecule has 3 amide bonds. The average Bonchev–Trinajstić information content (AvgIpc) is 2.39. The lowest BCUT2D eigenvalue weighted by atomic mass is 10.2. The molecule has 0 aliphatic heterocycles. The Bertz CT molecular complexity index is 548. The van der Waals surface area contributed by atoms with Gasteiger partial charge in [-0.05, 0) is 31.0 Å². The number of nitrogens with one attached hydrogen (secondary N) is 2. The summed E-state index contributed by atoms with van der Waals surface area (Å²) in [5.74, 6) is -1.57. The van der Waals surface area contributed by atoms with E-state index in [9.17, 15) is 14.4 Å². The highest BCUT2D eigenvalue weighted by atomic mass is 35.5. The number of carboxylic acids is 1. The second kappa shape index (κ2) is 8.11. The van der Waals surface area contributed by atoms with Crippen molar-refractivity contribution in [2.45, 2.75) is 19.3 Å². The summed E-state index contributed by atoms with van der Waals surface area (Å²) in [6, 6.07) is 3.63. The number of primary amides is 1. The van der Waals surface area contributed by atoms with Gasteiger partial charge in [-0.2, -0.15) is 0 Å². The first-order chi connectivity index (χ1) is 9.90. The summed E-state index contributed by atoms with van der Waals surface area (Å²) in [5, 5.41) is 14.3. The van der Waals surface area contributed by atoms with Gasteiger partial charge in [-0.25, -0.2) is 9.59 Å². The van der Waals surface area contributed by atoms with Crippen molar-refractivity contribution < 1.29 is 19.5 Å². The number of amides is 3. The lowest BCUT2D eigenvalue weighted by Crippen LogP contribution is -2.30. The fourth-order valence-electron chi connectivity index (χ4n) is 1.60. The molecule has 0 heterocycles. The third kappa shape index (κ3) is 6.13. The maximum absolute atomic E-state index is 11.6. The molecule has 21 heavy (non-hydrogen) atoms. The van der Waals surface area contributed by atoms with Crippen LogP contribution in [-0.4, -0.2) is 29.6 Å². The summed E-state index contributed by atoms with van der Waals surface area (Å²) in [6.07, 6.45) is 1.45. The van der Waals surface area contributed by atoms with Crippen molar-refractivity contribution in [3.8, 4) is 0 Å². The van der Waals surface area contributed by atoms with Gasteiger partial charge in [0, 0.05) is 18.0 Å². The summed E-state index contributed by atoms with van der Waals surface area (Å²) in [4.78, 5) is 33.2. The third-order valence-corrected chi connectivity index (χ3v) is 2.83. The largest absolute Gasteiger partial charge is 0.478 e. The molecule has 0 radical (unpaired) electrons. The Morgan fingerprint density at radius 2 is 1.95 bits per heavy atom. The number of benzene rings is 1. The molecule has 1 aromatic rings. The molecule has 8 heteroatoms. The Hall–Kier alpha value is -2.28. The molecule has 0 aliphatic rings. The first-order valence-corrected chi connectivity index (χ1v) is 6.64. The molecule has 0 bridgehead atoms. The summed E-state index contributed by atoms with van der Waals surface area (Å²) >= 11 is 5.71. The van der Waals surface area contributed by atoms with Crippen molar-refractivity contribution in [3.05, 3.63) is 28.8 Å². The zero-order valence-corrected chi connectivity index (χ0v) is 11.9. The minimum absolute atomic E-state index is 0.0913. The minimum atomic E-state index is -1.19. The van der Waals surface area contributed by atoms with Gasteiger partial charge in [0.25, 0.3) is 0 Å². The molecule has 0 saturated carbocycles. The van der Waals surface area contributed by atoms with Gasteiger partial charge >= 0.3 is 12.0 Å². The zero-order chi connectivity index (χ0) is 15.8. The van der Waals surface area contributed by atoms with Gasteiger partial charge in [-0.3, -0.25) is 4.79 Å². The highest BCUT2D eigenvalue weighted by molar-refractivity contribution is 6.31. The van der Waals surface area contributed by atoms with Gasteiger partial charge in [0.15, 0.2) is 0 Å². The standard InChI is InChI=1S/C13H16ClN3O4/c14-8-4-5-10(9(7-8)12(19)20)17-13(21)16-6-2-1-3-11(15)18/h4-5,7H,1-3,6H2,(H2,15,18)(H,19,20)(H2,16,17,21). The van der Waals surface area contributed by atoms with E-state index in [0.29, 0.717) is 19.4 Å². The van der Waals surface area contributed by atoms with E-state index in [4.69, 9.17) is 22.4 Å². The first kappa shape index (κ1) is 16.8. The minimum Gasteiger partial charge on any atom is -0.478 e. The normalized spacial score (nSPS) is 9.95. The Labute approximate surface area is 126 Å². The number of halogens is 1. The van der Waals surface area contributed by atoms with Gasteiger partial charge in [-0.15, -0.1) is 0 Å². The zero-order valence-electron chi connectivity index (χ0n) is 11.2. The molecule has 7 nitrogen and oxygen atoms in total. The van der Waals surface area contributed by atoms with Crippen LogP contribution in [0.1, 0.15) is 29.6 Å². The van der Waals surface area contributed by atoms with Crippen LogP contribution < -0.4 is 16.4 Å². The molecule has 5 N–H and O–H groups in total. The van der Waals surface area contributed by atoms with Gasteiger partial charge in [0.1, 0.15) is 0 Å². The fourth-order valence-corrected chi connectivity index (χ4v) is 1.77. The molecule has 1 aromatic carbocycles. The van der Waals surface area contributed by atoms with Gasteiger partial charge in [-0.1, -0.05) is 11.6 Å². The maximum atomic E-state index is 11.6. The number of carbonyl (C=O) groups is 3. The van der Waals surface area contributed by atoms with Gasteiger partial charge in [0.2, 0.25) is 5.91 Å². The van der Waals surface area contributed by atoms with Crippen LogP contribution in [0.25, 0.3) is 0 Å². The van der Waals surface area contributed by atoms with Crippen molar-refractivity contribution in [3.63, 3.8) is 0 Å². The molecule has 0 fully saturated rings. The Morgan fingerprint density at radius 1 is 1.24 bits per heavy atom. The number of nitrogens with two attached hydrogens (primary N) is 1. The van der Waals surface area contributed by atoms with E-state index in [1.54, 1.807) is 0 Å². The van der Waals surface area contributed by atoms with E-state index in [1.165, 1.54) is 18.2 Å². The molecule has 0 unspecified atom stereocenters. The molecule has 0 spiro atoms. The summed E-state index contributed by atoms with van der Waals surface area (Å²) in [7, 11) is 0. The summed E-state index contributed by atoms with van der Waals surface area (Å²) in [5.41, 5.74) is 5.05. The fraction of sp³-hybridized carbons (Fsp3) is 0.308. The molecule has 0 saturated heterocycles. The van der Waals surface area contributed by atoms with Crippen LogP contribution in [-0.2, 0) is 4.79 Å². The number of hydrogen-bond donors (Lipinski definition) is 4. The average molecular weight is 314 g/mol. The van der Waals surface area contributed by atoms with E-state index >= 15 is 0 Å². The Balaban J connectivity index is 2.48. The molecule has 1 rings (SSSR count). The molecule has 0 aromatic heterocycles. The van der Waals surface area contributed by atoms with Crippen molar-refractivity contribution in [1.29, 1.82) is 0 Å². The van der Waals surface area contributed by atoms with Gasteiger partial charge in [0.05, 0.1) is 11.3 Å². The number of carboxylic acid groups (broad SMARTS) is 1. The van der Waals surface area contributed by atoms with Crippen molar-refractivity contribution in [2.24, 2.45) is 5.73 Å². The predicted molar refractivity (Wildman–Crippen MR) is 78.5 cm³/mol. The maximum Gasteiger partial charge on any atom is 0.337 e. The highest BCUT2D eigenvalue weighted by Crippen LogP contribution is 2.20. The van der Waals surface area contributed by atoms with Crippen molar-refractivity contribution >= 4 is 35.2 Å². The molecule has 0 atom stereocenters. The molecular formula is C13H16ClN3O4. The van der Waals surface area contributed by atoms with Crippen LogP contribution >= 0.6 is 11.6 Å². The van der Waals surface area contributed by atoms with E-state index in [2.05, 4.69) is 10.6 Å². The third-order valence-electron chi connectivity index (χ3n) is 2.60. The number of aromatic carboxylic acids is 1. The number of unbranched alkanes of at least 4 members (excludes halogenated alkanes) is 1. The number of urea groups is 1. The monoisotopic (exact) mass is 313 g/mol. The Morgan fingerprint density at radius 3 is 2.57 bits per heavy atom. The lowest BCUT2D eigenvalue weighted by Gasteiger charge is -2.10. The smallest absolute Gasteiger partial charge is 0.337 e. The van der Waals surface area contributed by atoms with Crippen LogP contribution in [0.5, 0.6) is 0 Å². The van der Waals surface area contributed by atoms with E-state index < -0.39 is 12.0 Å². The predicted octanol–water partition coefficient (Wildman–Crippen LogP) is 1.82. The van der Waals surface area contributed by atoms with Crippen molar-refractivity contribution in [1.82, 2.24) is 5.32 Å². The second-order valence-corrected chi connectivity index (χ2v) is 4.74. The second-order valence-electron chi connectivity index (χ2n) is 4.30. The molecular weight excluding hydrogens is 298 g/mol. The van der Waals surface area contributed by atoms with E-state index in [0.717, 1.165) is 0 Å². The van der Waals surface area contributed by atoms with Crippen LogP contribution in [0, 0.1) is 0 Å². The van der Waals surface area contributed by atoms with Crippen LogP contribution in [0.15, 0.2) is 18.2 Å². The number of carbonyl (C=O) groups excluding carboxylic acids is 2. The van der Waals surface area contributed by atoms with Crippen LogP contribution in [0.4, 0.5) is 10.5 Å². The molecule has 114 valence electrons. The van der Waals surface area contributed by atoms with Crippen LogP contribution in [0.3, 0.4) is 0 Å². The SMILES string of the molecule is NC(=O)CCCCNC(=O)Nc1ccc(Cl)cc1C(=O)O. The quantitative estimate of drug-likeness (QED) is 0.573. The highest BCUT2D eigenvalue weighted by Gasteiger charge is 2.12. The van der Waals surface area contributed by atoms with Crippen molar-refractivity contribution in [2.75, 3.05) is 11.9 Å². The van der Waals surface area contributed by atoms with E-state index in [1.807, 2.05) is 0 Å². The van der Waals surface area contributed by atoms with Crippen LogP contribution in [0.2, 0.25) is 5.02 Å². The topological polar surface area (TPSA) is 122 Å². The summed E-state index contributed by atoms with van der Waals surface area (Å²) < 4.78 is 0. The van der Waals surface area contributed by atoms with E-state index in [-0.39, 0.29) is 28.6 Å². The lowest BCUT2D eigenvalue weighted by molar-refractivity contribution is -0.118. The number of rotatable bonds is 7. The first-order valence-electron chi connectivity index (χ1n) is 6.26. The summed E-state index contributed by atoms with van der Waals surface area (Å²) in [6.45, 7) is 0.356. The number of anilines is 1.